The van der Waals surface area contributed by atoms with E-state index >= 15 is 0 Å². The number of hydrogen-bond acceptors (Lipinski definition) is 5. The van der Waals surface area contributed by atoms with Gasteiger partial charge in [0.25, 0.3) is 5.91 Å². The number of ether oxygens (including phenoxy) is 1. The molecule has 2 aromatic rings. The molecule has 0 heterocycles. The van der Waals surface area contributed by atoms with Crippen LogP contribution in [-0.4, -0.2) is 52.8 Å². The van der Waals surface area contributed by atoms with Crippen LogP contribution in [0.2, 0.25) is 0 Å². The number of anilines is 1. The fourth-order valence-electron chi connectivity index (χ4n) is 2.60. The van der Waals surface area contributed by atoms with Crippen LogP contribution in [0.1, 0.15) is 22.8 Å². The molecular formula is C21H24N2O5S. The van der Waals surface area contributed by atoms with Crippen molar-refractivity contribution in [3.8, 4) is 0 Å². The summed E-state index contributed by atoms with van der Waals surface area (Å²) in [7, 11) is 0.0814. The molecule has 0 aliphatic rings. The van der Waals surface area contributed by atoms with Gasteiger partial charge in [-0.15, -0.1) is 0 Å². The summed E-state index contributed by atoms with van der Waals surface area (Å²) in [5.41, 5.74) is 1.84. The SMILES string of the molecule is Cc1ccc(NC(=O)CN(C)C(=O)[C@@H](C)OC(=O)c2ccccc2[S@](C)=O)cc1. The molecule has 1 N–H and O–H groups in total. The van der Waals surface area contributed by atoms with Crippen molar-refractivity contribution in [3.63, 3.8) is 0 Å². The van der Waals surface area contributed by atoms with Crippen molar-refractivity contribution in [1.29, 1.82) is 0 Å². The smallest absolute Gasteiger partial charge is 0.340 e. The van der Waals surface area contributed by atoms with E-state index < -0.39 is 28.8 Å². The predicted octanol–water partition coefficient (Wildman–Crippen LogP) is 2.37. The van der Waals surface area contributed by atoms with Crippen LogP contribution in [0, 0.1) is 6.92 Å². The Morgan fingerprint density at radius 2 is 1.72 bits per heavy atom. The Labute approximate surface area is 172 Å². The summed E-state index contributed by atoms with van der Waals surface area (Å²) in [5.74, 6) is -1.63. The maximum absolute atomic E-state index is 12.5. The normalized spacial score (nSPS) is 12.6. The topological polar surface area (TPSA) is 92.8 Å². The van der Waals surface area contributed by atoms with Crippen LogP contribution in [0.15, 0.2) is 53.4 Å². The van der Waals surface area contributed by atoms with Gasteiger partial charge in [-0.3, -0.25) is 13.8 Å². The summed E-state index contributed by atoms with van der Waals surface area (Å²) in [6.07, 6.45) is 0.360. The van der Waals surface area contributed by atoms with E-state index in [1.807, 2.05) is 19.1 Å². The number of amides is 2. The van der Waals surface area contributed by atoms with E-state index in [2.05, 4.69) is 5.32 Å². The highest BCUT2D eigenvalue weighted by Crippen LogP contribution is 2.15. The number of aryl methyl sites for hydroxylation is 1. The summed E-state index contributed by atoms with van der Waals surface area (Å²) in [5, 5.41) is 2.71. The average molecular weight is 416 g/mol. The van der Waals surface area contributed by atoms with E-state index in [-0.39, 0.29) is 18.0 Å². The van der Waals surface area contributed by atoms with Gasteiger partial charge in [0.05, 0.1) is 27.8 Å². The maximum atomic E-state index is 12.5. The molecule has 0 fully saturated rings. The van der Waals surface area contributed by atoms with Crippen LogP contribution in [0.3, 0.4) is 0 Å². The van der Waals surface area contributed by atoms with E-state index in [1.54, 1.807) is 30.3 Å². The Kier molecular flexibility index (Phi) is 7.67. The first-order valence-electron chi connectivity index (χ1n) is 8.94. The van der Waals surface area contributed by atoms with Gasteiger partial charge in [-0.1, -0.05) is 29.8 Å². The molecule has 154 valence electrons. The zero-order chi connectivity index (χ0) is 21.6. The fraction of sp³-hybridized carbons (Fsp3) is 0.286. The zero-order valence-electron chi connectivity index (χ0n) is 16.8. The monoisotopic (exact) mass is 416 g/mol. The van der Waals surface area contributed by atoms with Gasteiger partial charge in [-0.2, -0.15) is 0 Å². The van der Waals surface area contributed by atoms with Crippen molar-refractivity contribution in [2.75, 3.05) is 25.2 Å². The first-order chi connectivity index (χ1) is 13.7. The highest BCUT2D eigenvalue weighted by Gasteiger charge is 2.25. The van der Waals surface area contributed by atoms with Crippen LogP contribution < -0.4 is 5.32 Å². The summed E-state index contributed by atoms with van der Waals surface area (Å²) in [6, 6.07) is 13.6. The number of carbonyl (C=O) groups excluding carboxylic acids is 3. The molecule has 0 unspecified atom stereocenters. The van der Waals surface area contributed by atoms with Crippen molar-refractivity contribution in [3.05, 3.63) is 59.7 Å². The third kappa shape index (κ3) is 6.25. The Balaban J connectivity index is 1.95. The third-order valence-electron chi connectivity index (χ3n) is 4.14. The largest absolute Gasteiger partial charge is 0.449 e. The number of nitrogens with one attached hydrogen (secondary N) is 1. The molecule has 0 radical (unpaired) electrons. The first kappa shape index (κ1) is 22.3. The third-order valence-corrected chi connectivity index (χ3v) is 5.12. The lowest BCUT2D eigenvalue weighted by Crippen LogP contribution is -2.41. The van der Waals surface area contributed by atoms with Crippen molar-refractivity contribution < 1.29 is 23.3 Å². The van der Waals surface area contributed by atoms with Crippen LogP contribution in [0.4, 0.5) is 5.69 Å². The molecule has 7 nitrogen and oxygen atoms in total. The van der Waals surface area contributed by atoms with Crippen LogP contribution in [0.5, 0.6) is 0 Å². The van der Waals surface area contributed by atoms with Gasteiger partial charge in [0.15, 0.2) is 6.10 Å². The molecule has 0 spiro atoms. The highest BCUT2D eigenvalue weighted by molar-refractivity contribution is 7.84. The molecule has 29 heavy (non-hydrogen) atoms. The van der Waals surface area contributed by atoms with Gasteiger partial charge < -0.3 is 15.0 Å². The number of nitrogens with zero attached hydrogens (tertiary/aromatic N) is 1. The second kappa shape index (κ2) is 9.97. The Morgan fingerprint density at radius 1 is 1.10 bits per heavy atom. The van der Waals surface area contributed by atoms with E-state index in [0.717, 1.165) is 5.56 Å². The Bertz CT molecular complexity index is 927. The molecule has 0 aromatic heterocycles. The number of esters is 1. The van der Waals surface area contributed by atoms with E-state index in [0.29, 0.717) is 10.6 Å². The molecule has 2 aromatic carbocycles. The van der Waals surface area contributed by atoms with Crippen LogP contribution >= 0.6 is 0 Å². The zero-order valence-corrected chi connectivity index (χ0v) is 17.6. The molecule has 2 amide bonds. The first-order valence-corrected chi connectivity index (χ1v) is 10.5. The fourth-order valence-corrected chi connectivity index (χ4v) is 3.33. The number of likely N-dealkylation sites (N-methyl/N-ethyl adjacent to an activating group) is 1. The molecular weight excluding hydrogens is 392 g/mol. The molecule has 0 aliphatic carbocycles. The molecule has 2 atom stereocenters. The van der Waals surface area contributed by atoms with Gasteiger partial charge >= 0.3 is 5.97 Å². The standard InChI is InChI=1S/C21H24N2O5S/c1-14-9-11-16(12-10-14)22-19(24)13-23(3)20(25)15(2)28-21(26)17-7-5-6-8-18(17)29(4)27/h5-12,15H,13H2,1-4H3,(H,22,24)/t15-,29+/m1/s1. The van der Waals surface area contributed by atoms with E-state index in [4.69, 9.17) is 4.74 Å². The van der Waals surface area contributed by atoms with Gasteiger partial charge in [0.1, 0.15) is 0 Å². The van der Waals surface area contributed by atoms with Crippen molar-refractivity contribution in [2.45, 2.75) is 24.8 Å². The number of carbonyl (C=O) groups is 3. The molecule has 0 bridgehead atoms. The quantitative estimate of drug-likeness (QED) is 0.700. The van der Waals surface area contributed by atoms with Crippen molar-refractivity contribution in [2.24, 2.45) is 0 Å². The summed E-state index contributed by atoms with van der Waals surface area (Å²) in [4.78, 5) is 38.5. The molecule has 8 heteroatoms. The average Bonchev–Trinajstić information content (AvgIpc) is 2.68. The minimum absolute atomic E-state index is 0.146. The molecule has 0 saturated heterocycles. The Morgan fingerprint density at radius 3 is 2.34 bits per heavy atom. The van der Waals surface area contributed by atoms with Gasteiger partial charge in [0, 0.05) is 19.0 Å². The van der Waals surface area contributed by atoms with Crippen molar-refractivity contribution in [1.82, 2.24) is 4.90 Å². The Hall–Kier alpha value is -3.00. The minimum atomic E-state index is -1.37. The lowest BCUT2D eigenvalue weighted by molar-refractivity contribution is -0.140. The number of benzene rings is 2. The molecule has 0 saturated carbocycles. The van der Waals surface area contributed by atoms with E-state index in [1.165, 1.54) is 31.2 Å². The highest BCUT2D eigenvalue weighted by atomic mass is 32.2. The minimum Gasteiger partial charge on any atom is -0.449 e. The van der Waals surface area contributed by atoms with E-state index in [9.17, 15) is 18.6 Å². The van der Waals surface area contributed by atoms with Gasteiger partial charge in [0.2, 0.25) is 5.91 Å². The lowest BCUT2D eigenvalue weighted by atomic mass is 10.2. The maximum Gasteiger partial charge on any atom is 0.340 e. The second-order valence-electron chi connectivity index (χ2n) is 6.61. The molecule has 2 rings (SSSR count). The number of hydrogen-bond donors (Lipinski definition) is 1. The van der Waals surface area contributed by atoms with Gasteiger partial charge in [-0.05, 0) is 38.1 Å². The molecule has 0 aliphatic heterocycles. The van der Waals surface area contributed by atoms with Crippen molar-refractivity contribution >= 4 is 34.3 Å². The predicted molar refractivity (Wildman–Crippen MR) is 111 cm³/mol. The lowest BCUT2D eigenvalue weighted by Gasteiger charge is -2.21. The second-order valence-corrected chi connectivity index (χ2v) is 7.95. The van der Waals surface area contributed by atoms with Crippen LogP contribution in [-0.2, 0) is 25.1 Å². The summed E-state index contributed by atoms with van der Waals surface area (Å²) < 4.78 is 17.0. The summed E-state index contributed by atoms with van der Waals surface area (Å²) >= 11 is 0. The number of rotatable bonds is 7. The van der Waals surface area contributed by atoms with Crippen LogP contribution in [0.25, 0.3) is 0 Å². The summed E-state index contributed by atoms with van der Waals surface area (Å²) in [6.45, 7) is 3.18. The van der Waals surface area contributed by atoms with Gasteiger partial charge in [-0.25, -0.2) is 4.79 Å².